The van der Waals surface area contributed by atoms with Gasteiger partial charge in [0.25, 0.3) is 0 Å². The van der Waals surface area contributed by atoms with Crippen LogP contribution in [0.2, 0.25) is 0 Å². The third-order valence-corrected chi connectivity index (χ3v) is 2.51. The standard InChI is InChI=1S/C14H13FO/c1-9-3-4-14(16)13(7-9)11-5-10(2)6-12(15)8-11/h3-8,16H,1-2H3. The topological polar surface area (TPSA) is 20.2 Å². The summed E-state index contributed by atoms with van der Waals surface area (Å²) in [4.78, 5) is 0. The van der Waals surface area contributed by atoms with Gasteiger partial charge in [0.05, 0.1) is 0 Å². The Bertz CT molecular complexity index is 512. The van der Waals surface area contributed by atoms with E-state index in [1.54, 1.807) is 6.07 Å². The van der Waals surface area contributed by atoms with Crippen LogP contribution in [-0.2, 0) is 0 Å². The molecule has 2 aromatic rings. The normalized spacial score (nSPS) is 10.4. The van der Waals surface area contributed by atoms with Gasteiger partial charge in [-0.25, -0.2) is 4.39 Å². The largest absolute Gasteiger partial charge is 0.507 e. The van der Waals surface area contributed by atoms with E-state index in [-0.39, 0.29) is 11.6 Å². The number of rotatable bonds is 1. The van der Waals surface area contributed by atoms with Gasteiger partial charge in [-0.15, -0.1) is 0 Å². The predicted molar refractivity (Wildman–Crippen MR) is 63.0 cm³/mol. The van der Waals surface area contributed by atoms with Gasteiger partial charge in [-0.2, -0.15) is 0 Å². The van der Waals surface area contributed by atoms with Crippen LogP contribution in [0.25, 0.3) is 11.1 Å². The number of phenols is 1. The highest BCUT2D eigenvalue weighted by molar-refractivity contribution is 5.71. The van der Waals surface area contributed by atoms with Crippen LogP contribution in [0, 0.1) is 19.7 Å². The van der Waals surface area contributed by atoms with E-state index in [1.165, 1.54) is 12.1 Å². The van der Waals surface area contributed by atoms with Crippen LogP contribution in [0.5, 0.6) is 5.75 Å². The molecule has 0 spiro atoms. The molecule has 0 bridgehead atoms. The average Bonchev–Trinajstić information content (AvgIpc) is 2.20. The van der Waals surface area contributed by atoms with E-state index in [2.05, 4.69) is 0 Å². The van der Waals surface area contributed by atoms with E-state index < -0.39 is 0 Å². The maximum absolute atomic E-state index is 13.3. The van der Waals surface area contributed by atoms with Gasteiger partial charge in [0, 0.05) is 5.56 Å². The van der Waals surface area contributed by atoms with E-state index in [9.17, 15) is 9.50 Å². The number of benzene rings is 2. The van der Waals surface area contributed by atoms with Crippen molar-refractivity contribution in [3.8, 4) is 16.9 Å². The van der Waals surface area contributed by atoms with Gasteiger partial charge in [-0.3, -0.25) is 0 Å². The molecule has 0 radical (unpaired) electrons. The number of aryl methyl sites for hydroxylation is 2. The van der Waals surface area contributed by atoms with Crippen molar-refractivity contribution >= 4 is 0 Å². The number of hydrogen-bond donors (Lipinski definition) is 1. The van der Waals surface area contributed by atoms with E-state index in [1.807, 2.05) is 32.0 Å². The molecule has 0 aliphatic rings. The highest BCUT2D eigenvalue weighted by atomic mass is 19.1. The molecule has 0 aliphatic heterocycles. The smallest absolute Gasteiger partial charge is 0.124 e. The van der Waals surface area contributed by atoms with Crippen molar-refractivity contribution in [3.05, 3.63) is 53.3 Å². The minimum atomic E-state index is -0.282. The fourth-order valence-corrected chi connectivity index (χ4v) is 1.77. The number of hydrogen-bond acceptors (Lipinski definition) is 1. The summed E-state index contributed by atoms with van der Waals surface area (Å²) in [5.41, 5.74) is 3.26. The monoisotopic (exact) mass is 216 g/mol. The first-order chi connectivity index (χ1) is 7.56. The summed E-state index contributed by atoms with van der Waals surface area (Å²) in [5.74, 6) is -0.105. The Hall–Kier alpha value is -1.83. The van der Waals surface area contributed by atoms with Crippen LogP contribution in [-0.4, -0.2) is 5.11 Å². The minimum Gasteiger partial charge on any atom is -0.507 e. The fraction of sp³-hybridized carbons (Fsp3) is 0.143. The maximum atomic E-state index is 13.3. The second-order valence-corrected chi connectivity index (χ2v) is 4.04. The first kappa shape index (κ1) is 10.7. The lowest BCUT2D eigenvalue weighted by Gasteiger charge is -2.07. The number of halogens is 1. The SMILES string of the molecule is Cc1cc(F)cc(-c2cc(C)ccc2O)c1. The zero-order valence-corrected chi connectivity index (χ0v) is 9.29. The summed E-state index contributed by atoms with van der Waals surface area (Å²) >= 11 is 0. The van der Waals surface area contributed by atoms with E-state index in [0.29, 0.717) is 11.1 Å². The second-order valence-electron chi connectivity index (χ2n) is 4.04. The summed E-state index contributed by atoms with van der Waals surface area (Å²) in [6.07, 6.45) is 0. The molecular weight excluding hydrogens is 203 g/mol. The lowest BCUT2D eigenvalue weighted by molar-refractivity contribution is 0.477. The van der Waals surface area contributed by atoms with Crippen LogP contribution < -0.4 is 0 Å². The van der Waals surface area contributed by atoms with Crippen molar-refractivity contribution in [2.75, 3.05) is 0 Å². The third kappa shape index (κ3) is 2.06. The van der Waals surface area contributed by atoms with Crippen molar-refractivity contribution in [1.82, 2.24) is 0 Å². The maximum Gasteiger partial charge on any atom is 0.124 e. The molecule has 16 heavy (non-hydrogen) atoms. The lowest BCUT2D eigenvalue weighted by atomic mass is 10.0. The molecule has 0 aliphatic carbocycles. The zero-order valence-electron chi connectivity index (χ0n) is 9.29. The van der Waals surface area contributed by atoms with Gasteiger partial charge in [-0.05, 0) is 49.2 Å². The quantitative estimate of drug-likeness (QED) is 0.768. The zero-order chi connectivity index (χ0) is 11.7. The lowest BCUT2D eigenvalue weighted by Crippen LogP contribution is -1.85. The molecule has 82 valence electrons. The van der Waals surface area contributed by atoms with Crippen molar-refractivity contribution < 1.29 is 9.50 Å². The minimum absolute atomic E-state index is 0.176. The van der Waals surface area contributed by atoms with E-state index >= 15 is 0 Å². The second kappa shape index (κ2) is 3.97. The molecule has 2 rings (SSSR count). The van der Waals surface area contributed by atoms with Crippen molar-refractivity contribution in [2.24, 2.45) is 0 Å². The number of aromatic hydroxyl groups is 1. The van der Waals surface area contributed by atoms with Crippen LogP contribution in [0.1, 0.15) is 11.1 Å². The molecule has 0 aromatic heterocycles. The molecule has 0 fully saturated rings. The van der Waals surface area contributed by atoms with Crippen LogP contribution >= 0.6 is 0 Å². The number of phenolic OH excluding ortho intramolecular Hbond substituents is 1. The van der Waals surface area contributed by atoms with Crippen molar-refractivity contribution in [2.45, 2.75) is 13.8 Å². The van der Waals surface area contributed by atoms with Gasteiger partial charge in [0.2, 0.25) is 0 Å². The highest BCUT2D eigenvalue weighted by Crippen LogP contribution is 2.30. The van der Waals surface area contributed by atoms with Gasteiger partial charge in [0.15, 0.2) is 0 Å². The summed E-state index contributed by atoms with van der Waals surface area (Å²) < 4.78 is 13.3. The molecule has 1 N–H and O–H groups in total. The third-order valence-electron chi connectivity index (χ3n) is 2.51. The molecule has 0 unspecified atom stereocenters. The van der Waals surface area contributed by atoms with Gasteiger partial charge < -0.3 is 5.11 Å². The molecule has 0 saturated carbocycles. The van der Waals surface area contributed by atoms with E-state index in [4.69, 9.17) is 0 Å². The predicted octanol–water partition coefficient (Wildman–Crippen LogP) is 3.82. The molecule has 2 heteroatoms. The molecule has 1 nitrogen and oxygen atoms in total. The summed E-state index contributed by atoms with van der Waals surface area (Å²) in [6.45, 7) is 3.77. The Morgan fingerprint density at radius 3 is 2.38 bits per heavy atom. The molecular formula is C14H13FO. The Balaban J connectivity index is 2.62. The Labute approximate surface area is 94.2 Å². The highest BCUT2D eigenvalue weighted by Gasteiger charge is 2.06. The molecule has 0 amide bonds. The Morgan fingerprint density at radius 1 is 0.938 bits per heavy atom. The van der Waals surface area contributed by atoms with Crippen LogP contribution in [0.15, 0.2) is 36.4 Å². The van der Waals surface area contributed by atoms with Crippen LogP contribution in [0.3, 0.4) is 0 Å². The Morgan fingerprint density at radius 2 is 1.69 bits per heavy atom. The van der Waals surface area contributed by atoms with Crippen molar-refractivity contribution in [1.29, 1.82) is 0 Å². The van der Waals surface area contributed by atoms with Gasteiger partial charge >= 0.3 is 0 Å². The first-order valence-electron chi connectivity index (χ1n) is 5.13. The average molecular weight is 216 g/mol. The fourth-order valence-electron chi connectivity index (χ4n) is 1.77. The molecule has 2 aromatic carbocycles. The molecule has 0 saturated heterocycles. The van der Waals surface area contributed by atoms with Crippen LogP contribution in [0.4, 0.5) is 4.39 Å². The summed E-state index contributed by atoms with van der Waals surface area (Å²) in [5, 5.41) is 9.75. The van der Waals surface area contributed by atoms with Crippen molar-refractivity contribution in [3.63, 3.8) is 0 Å². The van der Waals surface area contributed by atoms with Gasteiger partial charge in [-0.1, -0.05) is 17.7 Å². The van der Waals surface area contributed by atoms with Gasteiger partial charge in [0.1, 0.15) is 11.6 Å². The summed E-state index contributed by atoms with van der Waals surface area (Å²) in [7, 11) is 0. The van der Waals surface area contributed by atoms with E-state index in [0.717, 1.165) is 11.1 Å². The Kier molecular flexibility index (Phi) is 2.65. The molecule has 0 heterocycles. The molecule has 0 atom stereocenters. The summed E-state index contributed by atoms with van der Waals surface area (Å²) in [6, 6.07) is 10.1. The first-order valence-corrected chi connectivity index (χ1v) is 5.13.